The second-order valence-corrected chi connectivity index (χ2v) is 19.8. The van der Waals surface area contributed by atoms with Gasteiger partial charge in [-0.15, -0.1) is 0 Å². The van der Waals surface area contributed by atoms with Crippen molar-refractivity contribution >= 4 is 64.1 Å². The van der Waals surface area contributed by atoms with Gasteiger partial charge in [0.2, 0.25) is 29.5 Å². The van der Waals surface area contributed by atoms with Crippen LogP contribution < -0.4 is 37.5 Å². The number of nitrogens with one attached hydrogen (secondary N) is 6. The number of esters is 1. The average Bonchev–Trinajstić information content (AvgIpc) is 4.09. The SMILES string of the molecule is CC[C@@]1(O)C(=O)OCc2c1cc1n(c2=O)Cc2c-1nc1cc(F)c(C)c3c1c2[C@@H](NC(=O)C1(OCNC(=O)CNC(=O)[C@H](Cc2ccccc2)NC(=O)CNC(=O)CNC(=O)CCCCCN2C(=O)C=CC2=O)CC1)CC3. The summed E-state index contributed by atoms with van der Waals surface area (Å²) in [4.78, 5) is 135. The molecule has 9 rings (SSSR count). The van der Waals surface area contributed by atoms with Gasteiger partial charge in [0.25, 0.3) is 23.3 Å². The molecule has 0 radical (unpaired) electrons. The van der Waals surface area contributed by atoms with E-state index in [4.69, 9.17) is 14.5 Å². The molecule has 8 amide bonds. The Morgan fingerprint density at radius 3 is 2.30 bits per heavy atom. The highest BCUT2D eigenvalue weighted by atomic mass is 19.1. The molecule has 1 fully saturated rings. The Balaban J connectivity index is 0.769. The van der Waals surface area contributed by atoms with Gasteiger partial charge in [0, 0.05) is 54.1 Å². The van der Waals surface area contributed by atoms with Gasteiger partial charge in [-0.05, 0) is 80.2 Å². The summed E-state index contributed by atoms with van der Waals surface area (Å²) in [5.41, 5.74) is 0.637. The van der Waals surface area contributed by atoms with Crippen LogP contribution >= 0.6 is 0 Å². The number of rotatable bonds is 22. The van der Waals surface area contributed by atoms with E-state index >= 15 is 4.39 Å². The number of carbonyl (C=O) groups is 9. The van der Waals surface area contributed by atoms with Crippen LogP contribution in [-0.2, 0) is 84.2 Å². The van der Waals surface area contributed by atoms with Gasteiger partial charge in [-0.25, -0.2) is 14.2 Å². The normalized spacial score (nSPS) is 18.6. The maximum absolute atomic E-state index is 15.5. The van der Waals surface area contributed by atoms with E-state index in [0.717, 1.165) is 10.5 Å². The summed E-state index contributed by atoms with van der Waals surface area (Å²) >= 11 is 0. The van der Waals surface area contributed by atoms with Crippen molar-refractivity contribution in [3.63, 3.8) is 0 Å². The Hall–Kier alpha value is -8.18. The van der Waals surface area contributed by atoms with Gasteiger partial charge in [0.15, 0.2) is 5.60 Å². The number of unbranched alkanes of at least 4 members (excludes halogenated alkanes) is 2. The highest BCUT2D eigenvalue weighted by molar-refractivity contribution is 6.12. The van der Waals surface area contributed by atoms with Gasteiger partial charge in [-0.3, -0.25) is 48.1 Å². The van der Waals surface area contributed by atoms with Crippen LogP contribution in [0.25, 0.3) is 22.3 Å². The number of aromatic nitrogens is 2. The number of cyclic esters (lactones) is 1. The predicted molar refractivity (Wildman–Crippen MR) is 270 cm³/mol. The molecule has 5 heterocycles. The summed E-state index contributed by atoms with van der Waals surface area (Å²) in [5, 5.41) is 27.7. The number of hydrogen-bond donors (Lipinski definition) is 7. The number of amides is 8. The molecule has 404 valence electrons. The molecule has 4 aromatic rings. The first kappa shape index (κ1) is 53.6. The fourth-order valence-electron chi connectivity index (χ4n) is 10.3. The minimum absolute atomic E-state index is 0.0391. The number of benzene rings is 2. The van der Waals surface area contributed by atoms with Crippen LogP contribution in [0.5, 0.6) is 0 Å². The van der Waals surface area contributed by atoms with E-state index in [-0.39, 0.29) is 61.9 Å². The largest absolute Gasteiger partial charge is 0.458 e. The second-order valence-electron chi connectivity index (χ2n) is 19.8. The lowest BCUT2D eigenvalue weighted by Crippen LogP contribution is -2.52. The Labute approximate surface area is 439 Å². The summed E-state index contributed by atoms with van der Waals surface area (Å²) < 4.78 is 28.2. The van der Waals surface area contributed by atoms with Crippen LogP contribution in [0, 0.1) is 12.7 Å². The zero-order valence-corrected chi connectivity index (χ0v) is 42.4. The Kier molecular flexibility index (Phi) is 15.5. The van der Waals surface area contributed by atoms with Gasteiger partial charge in [0.05, 0.1) is 54.7 Å². The average molecular weight is 1060 g/mol. The standard InChI is InChI=1S/C54H58FN9O13/c1-3-54(75)34-21-39-48-32(26-64(39)50(72)33(34)27-76-52(54)74)47-36(14-13-31-29(2)35(55)22-37(61-48)46(31)47)62-51(73)53(17-18-53)77-28-59-42(67)24-58-49(71)38(20-30-10-6-4-7-11-30)60-43(68)25-57-41(66)23-56-40(65)12-8-5-9-19-63-44(69)15-16-45(63)70/h4,6-7,10-11,15-16,21-22,36,38,75H,3,5,8-9,12-14,17-20,23-28H2,1-2H3,(H,56,65)(H,57,66)(H,58,71)(H,59,67)(H,60,68)(H,62,73)/t36-,38-,54-/m0/s1. The molecule has 5 aliphatic rings. The van der Waals surface area contributed by atoms with E-state index in [9.17, 15) is 53.1 Å². The molecule has 0 unspecified atom stereocenters. The molecule has 3 atom stereocenters. The number of halogens is 1. The third kappa shape index (κ3) is 11.1. The van der Waals surface area contributed by atoms with Crippen LogP contribution in [0.3, 0.4) is 0 Å². The Morgan fingerprint density at radius 1 is 0.870 bits per heavy atom. The number of ether oxygens (including phenoxy) is 2. The van der Waals surface area contributed by atoms with Gasteiger partial charge in [-0.2, -0.15) is 0 Å². The molecule has 22 nitrogen and oxygen atoms in total. The molecule has 1 saturated carbocycles. The monoisotopic (exact) mass is 1060 g/mol. The van der Waals surface area contributed by atoms with Gasteiger partial charge in [0.1, 0.15) is 30.8 Å². The van der Waals surface area contributed by atoms with Crippen molar-refractivity contribution in [3.05, 3.63) is 110 Å². The van der Waals surface area contributed by atoms with Crippen molar-refractivity contribution in [2.24, 2.45) is 0 Å². The summed E-state index contributed by atoms with van der Waals surface area (Å²) in [6.45, 7) is 1.44. The fourth-order valence-corrected chi connectivity index (χ4v) is 10.3. The molecule has 0 bridgehead atoms. The topological polar surface area (TPSA) is 303 Å². The number of aryl methyl sites for hydroxylation is 1. The van der Waals surface area contributed by atoms with Crippen molar-refractivity contribution in [1.82, 2.24) is 46.4 Å². The number of carbonyl (C=O) groups excluding carboxylic acids is 9. The third-order valence-electron chi connectivity index (χ3n) is 14.9. The van der Waals surface area contributed by atoms with Crippen LogP contribution in [0.1, 0.15) is 103 Å². The van der Waals surface area contributed by atoms with Crippen molar-refractivity contribution in [2.45, 2.75) is 114 Å². The lowest BCUT2D eigenvalue weighted by Gasteiger charge is -2.31. The molecule has 3 aliphatic heterocycles. The lowest BCUT2D eigenvalue weighted by molar-refractivity contribution is -0.172. The minimum Gasteiger partial charge on any atom is -0.458 e. The lowest BCUT2D eigenvalue weighted by atomic mass is 9.81. The Bertz CT molecular complexity index is 3210. The summed E-state index contributed by atoms with van der Waals surface area (Å²) in [6.07, 6.45) is 5.51. The predicted octanol–water partition coefficient (Wildman–Crippen LogP) is 0.815. The maximum atomic E-state index is 15.5. The number of fused-ring (bicyclic) bond motifs is 5. The van der Waals surface area contributed by atoms with E-state index in [1.807, 2.05) is 0 Å². The molecule has 0 saturated heterocycles. The van der Waals surface area contributed by atoms with E-state index in [0.29, 0.717) is 89.5 Å². The van der Waals surface area contributed by atoms with E-state index in [1.54, 1.807) is 50.2 Å². The zero-order chi connectivity index (χ0) is 54.8. The number of imide groups is 1. The van der Waals surface area contributed by atoms with Crippen molar-refractivity contribution in [1.29, 1.82) is 0 Å². The second kappa shape index (κ2) is 22.2. The van der Waals surface area contributed by atoms with Gasteiger partial charge >= 0.3 is 5.97 Å². The molecular formula is C54H58FN9O13. The molecule has 0 spiro atoms. The number of aliphatic hydroxyl groups is 1. The Morgan fingerprint density at radius 2 is 1.57 bits per heavy atom. The summed E-state index contributed by atoms with van der Waals surface area (Å²) in [6, 6.07) is 9.89. The first-order valence-corrected chi connectivity index (χ1v) is 25.6. The minimum atomic E-state index is -2.05. The quantitative estimate of drug-likeness (QED) is 0.0219. The maximum Gasteiger partial charge on any atom is 0.343 e. The van der Waals surface area contributed by atoms with E-state index < -0.39 is 102 Å². The van der Waals surface area contributed by atoms with E-state index in [2.05, 4.69) is 31.9 Å². The molecule has 2 aliphatic carbocycles. The molecular weight excluding hydrogens is 1000 g/mol. The molecule has 2 aromatic carbocycles. The highest BCUT2D eigenvalue weighted by Gasteiger charge is 2.53. The zero-order valence-electron chi connectivity index (χ0n) is 42.4. The third-order valence-corrected chi connectivity index (χ3v) is 14.9. The fraction of sp³-hybridized carbons (Fsp3) is 0.426. The first-order chi connectivity index (χ1) is 36.9. The molecule has 2 aromatic heterocycles. The van der Waals surface area contributed by atoms with Crippen LogP contribution in [0.4, 0.5) is 4.39 Å². The van der Waals surface area contributed by atoms with Crippen LogP contribution in [-0.4, -0.2) is 117 Å². The van der Waals surface area contributed by atoms with Crippen LogP contribution in [0.2, 0.25) is 0 Å². The number of nitrogens with zero attached hydrogens (tertiary/aromatic N) is 3. The van der Waals surface area contributed by atoms with Crippen molar-refractivity contribution < 1.29 is 62.1 Å². The van der Waals surface area contributed by atoms with Crippen LogP contribution in [0.15, 0.2) is 59.4 Å². The molecule has 77 heavy (non-hydrogen) atoms. The van der Waals surface area contributed by atoms with Gasteiger partial charge < -0.3 is 51.0 Å². The van der Waals surface area contributed by atoms with Gasteiger partial charge in [-0.1, -0.05) is 43.7 Å². The van der Waals surface area contributed by atoms with Crippen molar-refractivity contribution in [3.8, 4) is 11.4 Å². The molecule has 7 N–H and O–H groups in total. The van der Waals surface area contributed by atoms with Crippen molar-refractivity contribution in [2.75, 3.05) is 32.9 Å². The van der Waals surface area contributed by atoms with E-state index in [1.165, 1.54) is 22.8 Å². The number of pyridine rings is 2. The number of hydrogen-bond acceptors (Lipinski definition) is 14. The smallest absolute Gasteiger partial charge is 0.343 e. The molecule has 23 heteroatoms. The summed E-state index contributed by atoms with van der Waals surface area (Å²) in [5.74, 6) is -5.65. The highest BCUT2D eigenvalue weighted by Crippen LogP contribution is 2.47. The first-order valence-electron chi connectivity index (χ1n) is 25.6. The summed E-state index contributed by atoms with van der Waals surface area (Å²) in [7, 11) is 0.